The number of halogens is 1. The number of likely N-dealkylation sites (N-methyl/N-ethyl adjacent to an activating group) is 1. The van der Waals surface area contributed by atoms with Gasteiger partial charge in [-0.3, -0.25) is 0 Å². The third kappa shape index (κ3) is 5.71. The summed E-state index contributed by atoms with van der Waals surface area (Å²) < 4.78 is 5.64. The first kappa shape index (κ1) is 13.2. The van der Waals surface area contributed by atoms with Crippen LogP contribution in [0.25, 0.3) is 0 Å². The van der Waals surface area contributed by atoms with Gasteiger partial charge in [0.2, 0.25) is 0 Å². The standard InChI is InChI=1S/C11H23ClN2O/c1-3-10(12)4-5-13-8-11-9-14(2)6-7-15-11/h10-11,13H,3-9H2,1-2H3. The van der Waals surface area contributed by atoms with E-state index in [4.69, 9.17) is 16.3 Å². The van der Waals surface area contributed by atoms with Gasteiger partial charge in [-0.25, -0.2) is 0 Å². The van der Waals surface area contributed by atoms with Crippen molar-refractivity contribution in [3.8, 4) is 0 Å². The Balaban J connectivity index is 1.99. The molecular weight excluding hydrogens is 212 g/mol. The number of ether oxygens (including phenoxy) is 1. The lowest BCUT2D eigenvalue weighted by Crippen LogP contribution is -2.45. The fourth-order valence-electron chi connectivity index (χ4n) is 1.72. The van der Waals surface area contributed by atoms with Crippen LogP contribution in [0, 0.1) is 0 Å². The predicted octanol–water partition coefficient (Wildman–Crippen LogP) is 1.31. The lowest BCUT2D eigenvalue weighted by atomic mass is 10.2. The molecule has 1 heterocycles. The van der Waals surface area contributed by atoms with Gasteiger partial charge in [0.25, 0.3) is 0 Å². The van der Waals surface area contributed by atoms with Crippen molar-refractivity contribution in [2.24, 2.45) is 0 Å². The van der Waals surface area contributed by atoms with Gasteiger partial charge in [-0.05, 0) is 26.4 Å². The average molecular weight is 235 g/mol. The van der Waals surface area contributed by atoms with Crippen molar-refractivity contribution in [1.29, 1.82) is 0 Å². The molecule has 1 N–H and O–H groups in total. The lowest BCUT2D eigenvalue weighted by molar-refractivity contribution is -0.0180. The quantitative estimate of drug-likeness (QED) is 0.554. The number of morpholine rings is 1. The number of nitrogens with one attached hydrogen (secondary N) is 1. The number of rotatable bonds is 6. The van der Waals surface area contributed by atoms with E-state index in [1.807, 2.05) is 0 Å². The van der Waals surface area contributed by atoms with Crippen molar-refractivity contribution in [3.63, 3.8) is 0 Å². The third-order valence-corrected chi connectivity index (χ3v) is 3.32. The van der Waals surface area contributed by atoms with E-state index in [1.54, 1.807) is 0 Å². The molecule has 0 aromatic carbocycles. The molecule has 1 fully saturated rings. The van der Waals surface area contributed by atoms with Gasteiger partial charge in [-0.1, -0.05) is 6.92 Å². The van der Waals surface area contributed by atoms with Gasteiger partial charge < -0.3 is 15.0 Å². The van der Waals surface area contributed by atoms with Crippen LogP contribution in [0.3, 0.4) is 0 Å². The van der Waals surface area contributed by atoms with E-state index >= 15 is 0 Å². The summed E-state index contributed by atoms with van der Waals surface area (Å²) in [6.07, 6.45) is 2.44. The molecule has 0 spiro atoms. The molecule has 1 saturated heterocycles. The van der Waals surface area contributed by atoms with E-state index < -0.39 is 0 Å². The van der Waals surface area contributed by atoms with Gasteiger partial charge in [-0.15, -0.1) is 11.6 Å². The zero-order valence-corrected chi connectivity index (χ0v) is 10.6. The Morgan fingerprint density at radius 3 is 3.07 bits per heavy atom. The highest BCUT2D eigenvalue weighted by molar-refractivity contribution is 6.20. The van der Waals surface area contributed by atoms with Gasteiger partial charge in [0, 0.05) is 25.0 Å². The molecule has 0 amide bonds. The van der Waals surface area contributed by atoms with Gasteiger partial charge in [-0.2, -0.15) is 0 Å². The van der Waals surface area contributed by atoms with Crippen molar-refractivity contribution in [2.75, 3.05) is 39.8 Å². The fourth-order valence-corrected chi connectivity index (χ4v) is 1.83. The molecule has 2 unspecified atom stereocenters. The minimum atomic E-state index is 0.312. The van der Waals surface area contributed by atoms with Gasteiger partial charge in [0.15, 0.2) is 0 Å². The van der Waals surface area contributed by atoms with Crippen LogP contribution in [-0.4, -0.2) is 56.2 Å². The van der Waals surface area contributed by atoms with E-state index in [1.165, 1.54) is 0 Å². The highest BCUT2D eigenvalue weighted by Crippen LogP contribution is 2.05. The van der Waals surface area contributed by atoms with Crippen LogP contribution >= 0.6 is 11.6 Å². The molecule has 1 rings (SSSR count). The molecule has 0 bridgehead atoms. The second kappa shape index (κ2) is 7.44. The molecule has 15 heavy (non-hydrogen) atoms. The van der Waals surface area contributed by atoms with Crippen molar-refractivity contribution < 1.29 is 4.74 Å². The largest absolute Gasteiger partial charge is 0.374 e. The molecule has 3 nitrogen and oxygen atoms in total. The Bertz CT molecular complexity index is 169. The van der Waals surface area contributed by atoms with Gasteiger partial charge in [0.1, 0.15) is 0 Å². The van der Waals surface area contributed by atoms with Gasteiger partial charge in [0.05, 0.1) is 12.7 Å². The highest BCUT2D eigenvalue weighted by atomic mass is 35.5. The Morgan fingerprint density at radius 2 is 2.40 bits per heavy atom. The summed E-state index contributed by atoms with van der Waals surface area (Å²) in [5.41, 5.74) is 0. The van der Waals surface area contributed by atoms with E-state index in [2.05, 4.69) is 24.2 Å². The van der Waals surface area contributed by atoms with Gasteiger partial charge >= 0.3 is 0 Å². The zero-order chi connectivity index (χ0) is 11.1. The molecule has 2 atom stereocenters. The van der Waals surface area contributed by atoms with Crippen LogP contribution < -0.4 is 5.32 Å². The molecule has 1 aliphatic rings. The maximum absolute atomic E-state index is 6.03. The molecule has 4 heteroatoms. The van der Waals surface area contributed by atoms with Crippen molar-refractivity contribution in [2.45, 2.75) is 31.2 Å². The molecular formula is C11H23ClN2O. The smallest absolute Gasteiger partial charge is 0.0826 e. The van der Waals surface area contributed by atoms with Crippen LogP contribution in [0.4, 0.5) is 0 Å². The first-order chi connectivity index (χ1) is 7.22. The SMILES string of the molecule is CCC(Cl)CCNCC1CN(C)CCO1. The maximum atomic E-state index is 6.03. The Kier molecular flexibility index (Phi) is 6.57. The molecule has 1 aliphatic heterocycles. The first-order valence-corrected chi connectivity index (χ1v) is 6.31. The second-order valence-corrected chi connectivity index (χ2v) is 4.87. The summed E-state index contributed by atoms with van der Waals surface area (Å²) in [6.45, 7) is 7.00. The summed E-state index contributed by atoms with van der Waals surface area (Å²) in [6, 6.07) is 0. The van der Waals surface area contributed by atoms with Crippen LogP contribution in [0.15, 0.2) is 0 Å². The van der Waals surface area contributed by atoms with Crippen LogP contribution in [0.2, 0.25) is 0 Å². The predicted molar refractivity (Wildman–Crippen MR) is 64.7 cm³/mol. The topological polar surface area (TPSA) is 24.5 Å². The third-order valence-electron chi connectivity index (χ3n) is 2.79. The monoisotopic (exact) mass is 234 g/mol. The molecule has 0 aliphatic carbocycles. The van der Waals surface area contributed by atoms with Crippen molar-refractivity contribution >= 4 is 11.6 Å². The summed E-state index contributed by atoms with van der Waals surface area (Å²) in [4.78, 5) is 2.31. The van der Waals surface area contributed by atoms with Crippen molar-refractivity contribution in [3.05, 3.63) is 0 Å². The molecule has 0 aromatic heterocycles. The summed E-state index contributed by atoms with van der Waals surface area (Å²) in [7, 11) is 2.14. The molecule has 90 valence electrons. The minimum Gasteiger partial charge on any atom is -0.374 e. The van der Waals surface area contributed by atoms with E-state index in [0.717, 1.165) is 45.6 Å². The lowest BCUT2D eigenvalue weighted by Gasteiger charge is -2.30. The second-order valence-electron chi connectivity index (χ2n) is 4.25. The Hall–Kier alpha value is 0.170. The van der Waals surface area contributed by atoms with E-state index in [-0.39, 0.29) is 0 Å². The van der Waals surface area contributed by atoms with Crippen LogP contribution in [0.1, 0.15) is 19.8 Å². The Morgan fingerprint density at radius 1 is 1.60 bits per heavy atom. The summed E-state index contributed by atoms with van der Waals surface area (Å²) in [5.74, 6) is 0. The van der Waals surface area contributed by atoms with Crippen LogP contribution in [-0.2, 0) is 4.74 Å². The Labute approximate surface area is 98.1 Å². The minimum absolute atomic E-state index is 0.312. The maximum Gasteiger partial charge on any atom is 0.0826 e. The average Bonchev–Trinajstić information content (AvgIpc) is 2.24. The van der Waals surface area contributed by atoms with Crippen LogP contribution in [0.5, 0.6) is 0 Å². The van der Waals surface area contributed by atoms with Crippen molar-refractivity contribution in [1.82, 2.24) is 10.2 Å². The molecule has 0 saturated carbocycles. The van der Waals surface area contributed by atoms with E-state index in [0.29, 0.717) is 11.5 Å². The summed E-state index contributed by atoms with van der Waals surface area (Å²) in [5, 5.41) is 3.72. The number of alkyl halides is 1. The number of hydrogen-bond donors (Lipinski definition) is 1. The summed E-state index contributed by atoms with van der Waals surface area (Å²) >= 11 is 6.03. The fraction of sp³-hybridized carbons (Fsp3) is 1.00. The highest BCUT2D eigenvalue weighted by Gasteiger charge is 2.16. The first-order valence-electron chi connectivity index (χ1n) is 5.87. The number of nitrogens with zero attached hydrogens (tertiary/aromatic N) is 1. The normalized spacial score (nSPS) is 25.4. The van der Waals surface area contributed by atoms with E-state index in [9.17, 15) is 0 Å². The zero-order valence-electron chi connectivity index (χ0n) is 9.84. The number of hydrogen-bond acceptors (Lipinski definition) is 3. The molecule has 0 aromatic rings. The molecule has 0 radical (unpaired) electrons.